The predicted molar refractivity (Wildman–Crippen MR) is 105 cm³/mol. The smallest absolute Gasteiger partial charge is 0.332 e. The zero-order valence-electron chi connectivity index (χ0n) is 15.3. The molecule has 9 nitrogen and oxygen atoms in total. The summed E-state index contributed by atoms with van der Waals surface area (Å²) in [7, 11) is 4.86. The van der Waals surface area contributed by atoms with E-state index in [-0.39, 0.29) is 12.2 Å². The Morgan fingerprint density at radius 2 is 1.93 bits per heavy atom. The van der Waals surface area contributed by atoms with Crippen molar-refractivity contribution in [3.05, 3.63) is 63.3 Å². The normalized spacial score (nSPS) is 11.2. The number of imidazole rings is 1. The summed E-state index contributed by atoms with van der Waals surface area (Å²) in [6, 6.07) is 7.37. The second-order valence-electron chi connectivity index (χ2n) is 5.86. The molecule has 2 aromatic heterocycles. The van der Waals surface area contributed by atoms with Crippen molar-refractivity contribution >= 4 is 23.3 Å². The number of anilines is 1. The van der Waals surface area contributed by atoms with Gasteiger partial charge < -0.3 is 9.30 Å². The highest BCUT2D eigenvalue weighted by atomic mass is 16.5. The number of nitrogens with one attached hydrogen (secondary N) is 1. The second kappa shape index (κ2) is 7.32. The fourth-order valence-corrected chi connectivity index (χ4v) is 2.69. The molecule has 0 aliphatic heterocycles. The molecule has 9 heteroatoms. The van der Waals surface area contributed by atoms with Crippen LogP contribution in [-0.4, -0.2) is 32.0 Å². The lowest BCUT2D eigenvalue weighted by Gasteiger charge is -2.06. The van der Waals surface area contributed by atoms with Gasteiger partial charge in [0.15, 0.2) is 11.2 Å². The van der Waals surface area contributed by atoms with Crippen molar-refractivity contribution in [3.63, 3.8) is 0 Å². The van der Waals surface area contributed by atoms with Crippen LogP contribution in [0.3, 0.4) is 0 Å². The van der Waals surface area contributed by atoms with Gasteiger partial charge in [-0.25, -0.2) is 10.2 Å². The molecule has 0 spiro atoms. The second-order valence-corrected chi connectivity index (χ2v) is 5.86. The highest BCUT2D eigenvalue weighted by Crippen LogP contribution is 2.14. The van der Waals surface area contributed by atoms with Crippen molar-refractivity contribution in [2.45, 2.75) is 6.54 Å². The molecule has 0 unspecified atom stereocenters. The molecule has 0 aliphatic rings. The topological polar surface area (TPSA) is 95.4 Å². The Hall–Kier alpha value is -3.62. The zero-order valence-corrected chi connectivity index (χ0v) is 15.3. The van der Waals surface area contributed by atoms with E-state index in [1.54, 1.807) is 32.0 Å². The van der Waals surface area contributed by atoms with E-state index in [0.29, 0.717) is 11.5 Å². The number of ether oxygens (including phenoxy) is 1. The number of nitrogens with zero attached hydrogens (tertiary/aromatic N) is 5. The number of fused-ring (bicyclic) bond motifs is 1. The number of allylic oxidation sites excluding steroid dienone is 1. The van der Waals surface area contributed by atoms with Gasteiger partial charge in [0.1, 0.15) is 5.75 Å². The maximum atomic E-state index is 12.6. The number of benzene rings is 1. The van der Waals surface area contributed by atoms with E-state index in [2.05, 4.69) is 22.1 Å². The van der Waals surface area contributed by atoms with Crippen LogP contribution in [0, 0.1) is 0 Å². The minimum atomic E-state index is -0.446. The summed E-state index contributed by atoms with van der Waals surface area (Å²) in [5.41, 5.74) is 3.40. The third kappa shape index (κ3) is 3.26. The van der Waals surface area contributed by atoms with Crippen LogP contribution < -0.4 is 21.4 Å². The van der Waals surface area contributed by atoms with Crippen LogP contribution in [0.25, 0.3) is 11.2 Å². The molecule has 140 valence electrons. The van der Waals surface area contributed by atoms with E-state index in [1.165, 1.54) is 10.6 Å². The lowest BCUT2D eigenvalue weighted by molar-refractivity contribution is 0.415. The first-order valence-corrected chi connectivity index (χ1v) is 8.18. The van der Waals surface area contributed by atoms with Crippen molar-refractivity contribution in [1.82, 2.24) is 18.7 Å². The molecular formula is C18H20N6O3. The Balaban J connectivity index is 1.97. The van der Waals surface area contributed by atoms with Crippen LogP contribution in [0.5, 0.6) is 5.75 Å². The average Bonchev–Trinajstić information content (AvgIpc) is 3.01. The van der Waals surface area contributed by atoms with E-state index in [9.17, 15) is 9.59 Å². The van der Waals surface area contributed by atoms with Crippen molar-refractivity contribution in [2.24, 2.45) is 19.2 Å². The minimum absolute atomic E-state index is 0.130. The summed E-state index contributed by atoms with van der Waals surface area (Å²) in [5.74, 6) is 1.10. The number of aryl methyl sites for hydroxylation is 2. The number of hydrazone groups is 1. The Bertz CT molecular complexity index is 1140. The fraction of sp³-hybridized carbons (Fsp3) is 0.222. The molecule has 0 amide bonds. The molecule has 0 atom stereocenters. The highest BCUT2D eigenvalue weighted by Gasteiger charge is 2.17. The van der Waals surface area contributed by atoms with Gasteiger partial charge >= 0.3 is 5.69 Å². The maximum absolute atomic E-state index is 12.6. The van der Waals surface area contributed by atoms with Crippen molar-refractivity contribution in [1.29, 1.82) is 0 Å². The van der Waals surface area contributed by atoms with E-state index in [0.717, 1.165) is 15.9 Å². The molecule has 0 aliphatic carbocycles. The SMILES string of the molecule is C=CCn1c(=O)c2c(nc(NN=Cc3ccc(OC)cc3)n2C)n(C)c1=O. The summed E-state index contributed by atoms with van der Waals surface area (Å²) < 4.78 is 9.13. The third-order valence-corrected chi connectivity index (χ3v) is 4.17. The Kier molecular flexibility index (Phi) is 4.93. The van der Waals surface area contributed by atoms with Crippen LogP contribution >= 0.6 is 0 Å². The molecular weight excluding hydrogens is 348 g/mol. The van der Waals surface area contributed by atoms with Gasteiger partial charge in [0.2, 0.25) is 5.95 Å². The Morgan fingerprint density at radius 1 is 1.22 bits per heavy atom. The highest BCUT2D eigenvalue weighted by molar-refractivity contribution is 5.80. The van der Waals surface area contributed by atoms with Gasteiger partial charge in [0.05, 0.1) is 13.3 Å². The summed E-state index contributed by atoms with van der Waals surface area (Å²) in [6.45, 7) is 3.72. The van der Waals surface area contributed by atoms with Gasteiger partial charge in [-0.05, 0) is 29.8 Å². The average molecular weight is 368 g/mol. The molecule has 2 heterocycles. The van der Waals surface area contributed by atoms with Gasteiger partial charge in [-0.2, -0.15) is 10.1 Å². The van der Waals surface area contributed by atoms with Gasteiger partial charge in [0, 0.05) is 20.6 Å². The summed E-state index contributed by atoms with van der Waals surface area (Å²) in [6.07, 6.45) is 3.12. The lowest BCUT2D eigenvalue weighted by Crippen LogP contribution is -2.39. The zero-order chi connectivity index (χ0) is 19.6. The number of rotatable bonds is 6. The predicted octanol–water partition coefficient (Wildman–Crippen LogP) is 1.07. The Morgan fingerprint density at radius 3 is 2.56 bits per heavy atom. The van der Waals surface area contributed by atoms with Crippen LogP contribution in [-0.2, 0) is 20.6 Å². The number of hydrogen-bond donors (Lipinski definition) is 1. The van der Waals surface area contributed by atoms with E-state index in [1.807, 2.05) is 24.3 Å². The minimum Gasteiger partial charge on any atom is -0.497 e. The van der Waals surface area contributed by atoms with Crippen LogP contribution in [0.4, 0.5) is 5.95 Å². The molecule has 27 heavy (non-hydrogen) atoms. The monoisotopic (exact) mass is 368 g/mol. The molecule has 3 aromatic rings. The molecule has 0 saturated heterocycles. The van der Waals surface area contributed by atoms with Gasteiger partial charge in [-0.1, -0.05) is 6.08 Å². The molecule has 1 N–H and O–H groups in total. The first-order valence-electron chi connectivity index (χ1n) is 8.18. The number of methoxy groups -OCH3 is 1. The van der Waals surface area contributed by atoms with Crippen LogP contribution in [0.2, 0.25) is 0 Å². The molecule has 3 rings (SSSR count). The van der Waals surface area contributed by atoms with Crippen LogP contribution in [0.15, 0.2) is 51.6 Å². The van der Waals surface area contributed by atoms with E-state index >= 15 is 0 Å². The Labute approximate surface area is 154 Å². The summed E-state index contributed by atoms with van der Waals surface area (Å²) in [4.78, 5) is 29.3. The molecule has 0 radical (unpaired) electrons. The lowest BCUT2D eigenvalue weighted by atomic mass is 10.2. The van der Waals surface area contributed by atoms with Crippen molar-refractivity contribution in [2.75, 3.05) is 12.5 Å². The van der Waals surface area contributed by atoms with Gasteiger partial charge in [-0.3, -0.25) is 13.9 Å². The molecule has 0 fully saturated rings. The van der Waals surface area contributed by atoms with E-state index < -0.39 is 11.2 Å². The number of hydrogen-bond acceptors (Lipinski definition) is 6. The maximum Gasteiger partial charge on any atom is 0.332 e. The first-order chi connectivity index (χ1) is 13.0. The quantitative estimate of drug-likeness (QED) is 0.399. The van der Waals surface area contributed by atoms with Crippen molar-refractivity contribution < 1.29 is 4.74 Å². The van der Waals surface area contributed by atoms with Crippen LogP contribution in [0.1, 0.15) is 5.56 Å². The molecule has 1 aromatic carbocycles. The van der Waals surface area contributed by atoms with Gasteiger partial charge in [-0.15, -0.1) is 6.58 Å². The molecule has 0 saturated carbocycles. The fourth-order valence-electron chi connectivity index (χ4n) is 2.69. The standard InChI is InChI=1S/C18H20N6O3/c1-5-10-24-16(25)14-15(23(3)18(24)26)20-17(22(14)2)21-19-11-12-6-8-13(27-4)9-7-12/h5-9,11H,1,10H2,2-4H3,(H,20,21). The first kappa shape index (κ1) is 18.2. The van der Waals surface area contributed by atoms with Gasteiger partial charge in [0.25, 0.3) is 5.56 Å². The van der Waals surface area contributed by atoms with E-state index in [4.69, 9.17) is 4.74 Å². The summed E-state index contributed by atoms with van der Waals surface area (Å²) in [5, 5.41) is 4.15. The molecule has 0 bridgehead atoms. The summed E-state index contributed by atoms with van der Waals surface area (Å²) >= 11 is 0. The van der Waals surface area contributed by atoms with Crippen molar-refractivity contribution in [3.8, 4) is 5.75 Å². The number of aromatic nitrogens is 4. The third-order valence-electron chi connectivity index (χ3n) is 4.17. The largest absolute Gasteiger partial charge is 0.497 e.